The van der Waals surface area contributed by atoms with E-state index in [1.54, 1.807) is 17.0 Å². The van der Waals surface area contributed by atoms with Gasteiger partial charge in [0.25, 0.3) is 0 Å². The number of piperazine rings is 1. The van der Waals surface area contributed by atoms with Crippen LogP contribution in [0.1, 0.15) is 11.1 Å². The molecule has 140 valence electrons. The fourth-order valence-electron chi connectivity index (χ4n) is 2.97. The maximum Gasteiger partial charge on any atom is 0.416 e. The first-order valence-corrected chi connectivity index (χ1v) is 8.36. The number of hydrogen-bond acceptors (Lipinski definition) is 3. The lowest BCUT2D eigenvalue weighted by Crippen LogP contribution is -2.50. The molecule has 0 spiro atoms. The molecule has 2 aromatic rings. The zero-order valence-electron chi connectivity index (χ0n) is 14.3. The molecule has 0 aromatic heterocycles. The van der Waals surface area contributed by atoms with Crippen LogP contribution in [0.5, 0.6) is 0 Å². The van der Waals surface area contributed by atoms with Gasteiger partial charge in [-0.3, -0.25) is 0 Å². The molecule has 1 saturated heterocycles. The number of hydrogen-bond donors (Lipinski definition) is 1. The Bertz CT molecular complexity index is 868. The van der Waals surface area contributed by atoms with Gasteiger partial charge in [0.2, 0.25) is 0 Å². The summed E-state index contributed by atoms with van der Waals surface area (Å²) in [7, 11) is 0. The van der Waals surface area contributed by atoms with Crippen LogP contribution in [-0.2, 0) is 6.18 Å². The first-order valence-electron chi connectivity index (χ1n) is 8.36. The number of alkyl halides is 3. The lowest BCUT2D eigenvalue weighted by atomic mass is 10.1. The normalized spacial score (nSPS) is 14.6. The van der Waals surface area contributed by atoms with E-state index in [1.807, 2.05) is 17.0 Å². The van der Waals surface area contributed by atoms with Gasteiger partial charge in [-0.1, -0.05) is 18.2 Å². The summed E-state index contributed by atoms with van der Waals surface area (Å²) in [5.74, 6) is 0. The van der Waals surface area contributed by atoms with Crippen molar-refractivity contribution in [3.05, 3.63) is 59.7 Å². The summed E-state index contributed by atoms with van der Waals surface area (Å²) in [6.45, 7) is 1.89. The Morgan fingerprint density at radius 3 is 2.41 bits per heavy atom. The number of rotatable bonds is 2. The van der Waals surface area contributed by atoms with Gasteiger partial charge in [-0.2, -0.15) is 18.4 Å². The fraction of sp³-hybridized carbons (Fsp3) is 0.263. The third-order valence-electron chi connectivity index (χ3n) is 4.37. The summed E-state index contributed by atoms with van der Waals surface area (Å²) in [4.78, 5) is 15.9. The number of nitrogens with one attached hydrogen (secondary N) is 1. The molecule has 1 fully saturated rings. The number of amides is 2. The average Bonchev–Trinajstić information content (AvgIpc) is 2.67. The van der Waals surface area contributed by atoms with Crippen LogP contribution in [-0.4, -0.2) is 37.1 Å². The van der Waals surface area contributed by atoms with E-state index in [0.717, 1.165) is 17.8 Å². The topological polar surface area (TPSA) is 59.4 Å². The zero-order chi connectivity index (χ0) is 19.4. The van der Waals surface area contributed by atoms with Gasteiger partial charge in [-0.15, -0.1) is 0 Å². The van der Waals surface area contributed by atoms with Gasteiger partial charge in [-0.25, -0.2) is 4.79 Å². The number of carbonyl (C=O) groups is 1. The molecule has 0 atom stereocenters. The van der Waals surface area contributed by atoms with Gasteiger partial charge in [0.05, 0.1) is 16.8 Å². The molecule has 0 bridgehead atoms. The van der Waals surface area contributed by atoms with Crippen molar-refractivity contribution in [2.24, 2.45) is 0 Å². The highest BCUT2D eigenvalue weighted by molar-refractivity contribution is 5.89. The Hall–Kier alpha value is -3.21. The van der Waals surface area contributed by atoms with E-state index in [1.165, 1.54) is 12.1 Å². The highest BCUT2D eigenvalue weighted by Crippen LogP contribution is 2.30. The van der Waals surface area contributed by atoms with Crippen molar-refractivity contribution in [2.45, 2.75) is 6.18 Å². The number of benzene rings is 2. The van der Waals surface area contributed by atoms with Crippen molar-refractivity contribution in [2.75, 3.05) is 36.4 Å². The van der Waals surface area contributed by atoms with E-state index < -0.39 is 17.8 Å². The van der Waals surface area contributed by atoms with Crippen molar-refractivity contribution in [3.63, 3.8) is 0 Å². The molecule has 1 N–H and O–H groups in total. The van der Waals surface area contributed by atoms with Crippen LogP contribution in [0.4, 0.5) is 29.3 Å². The van der Waals surface area contributed by atoms with E-state index >= 15 is 0 Å². The van der Waals surface area contributed by atoms with Crippen LogP contribution >= 0.6 is 0 Å². The van der Waals surface area contributed by atoms with E-state index in [4.69, 9.17) is 0 Å². The molecule has 0 unspecified atom stereocenters. The van der Waals surface area contributed by atoms with E-state index in [0.29, 0.717) is 31.7 Å². The Morgan fingerprint density at radius 2 is 1.74 bits per heavy atom. The minimum atomic E-state index is -4.46. The van der Waals surface area contributed by atoms with E-state index in [2.05, 4.69) is 11.4 Å². The van der Waals surface area contributed by atoms with Crippen molar-refractivity contribution in [1.29, 1.82) is 5.26 Å². The largest absolute Gasteiger partial charge is 0.416 e. The van der Waals surface area contributed by atoms with E-state index in [-0.39, 0.29) is 5.69 Å². The molecule has 5 nitrogen and oxygen atoms in total. The first kappa shape index (κ1) is 18.6. The summed E-state index contributed by atoms with van der Waals surface area (Å²) in [6, 6.07) is 13.5. The molecule has 0 aliphatic carbocycles. The van der Waals surface area contributed by atoms with E-state index in [9.17, 15) is 23.2 Å². The van der Waals surface area contributed by atoms with Gasteiger partial charge in [0, 0.05) is 31.9 Å². The van der Waals surface area contributed by atoms with Crippen LogP contribution in [0, 0.1) is 11.3 Å². The second kappa shape index (κ2) is 7.58. The molecule has 1 aliphatic rings. The summed E-state index contributed by atoms with van der Waals surface area (Å²) < 4.78 is 38.3. The number of nitrogens with zero attached hydrogens (tertiary/aromatic N) is 3. The van der Waals surface area contributed by atoms with Gasteiger partial charge in [0.1, 0.15) is 6.07 Å². The molecule has 8 heteroatoms. The van der Waals surface area contributed by atoms with Gasteiger partial charge < -0.3 is 15.1 Å². The Labute approximate surface area is 154 Å². The van der Waals surface area contributed by atoms with Crippen molar-refractivity contribution in [3.8, 4) is 6.07 Å². The van der Waals surface area contributed by atoms with Crippen molar-refractivity contribution < 1.29 is 18.0 Å². The number of nitriles is 1. The van der Waals surface area contributed by atoms with Crippen molar-refractivity contribution in [1.82, 2.24) is 4.90 Å². The number of carbonyl (C=O) groups excluding carboxylic acids is 1. The monoisotopic (exact) mass is 374 g/mol. The third kappa shape index (κ3) is 4.31. The molecule has 1 heterocycles. The van der Waals surface area contributed by atoms with Crippen LogP contribution in [0.15, 0.2) is 48.5 Å². The Kier molecular flexibility index (Phi) is 5.21. The predicted octanol–water partition coefficient (Wildman–Crippen LogP) is 3.93. The summed E-state index contributed by atoms with van der Waals surface area (Å²) in [5.41, 5.74) is 0.683. The van der Waals surface area contributed by atoms with Crippen LogP contribution < -0.4 is 10.2 Å². The Morgan fingerprint density at radius 1 is 1.04 bits per heavy atom. The predicted molar refractivity (Wildman–Crippen MR) is 95.4 cm³/mol. The maximum atomic E-state index is 12.8. The standard InChI is InChI=1S/C19H17F3N4O/c20-19(21,22)15-5-3-6-16(12-15)24-18(27)26-10-8-25(9-11-26)17-7-2-1-4-14(17)13-23/h1-7,12H,8-11H2,(H,24,27). The molecular formula is C19H17F3N4O. The molecule has 2 amide bonds. The van der Waals surface area contributed by atoms with Crippen molar-refractivity contribution >= 4 is 17.4 Å². The smallest absolute Gasteiger partial charge is 0.367 e. The Balaban J connectivity index is 1.62. The third-order valence-corrected chi connectivity index (χ3v) is 4.37. The number of urea groups is 1. The second-order valence-electron chi connectivity index (χ2n) is 6.11. The number of para-hydroxylation sites is 1. The molecule has 1 aliphatic heterocycles. The molecule has 3 rings (SSSR count). The molecule has 0 radical (unpaired) electrons. The summed E-state index contributed by atoms with van der Waals surface area (Å²) >= 11 is 0. The fourth-order valence-corrected chi connectivity index (χ4v) is 2.97. The minimum Gasteiger partial charge on any atom is -0.367 e. The zero-order valence-corrected chi connectivity index (χ0v) is 14.3. The molecule has 27 heavy (non-hydrogen) atoms. The molecule has 0 saturated carbocycles. The summed E-state index contributed by atoms with van der Waals surface area (Å²) in [5, 5.41) is 11.7. The molecular weight excluding hydrogens is 357 g/mol. The van der Waals surface area contributed by atoms with Crippen LogP contribution in [0.2, 0.25) is 0 Å². The maximum absolute atomic E-state index is 12.8. The quantitative estimate of drug-likeness (QED) is 0.867. The number of anilines is 2. The van der Waals surface area contributed by atoms with Crippen LogP contribution in [0.3, 0.4) is 0 Å². The van der Waals surface area contributed by atoms with Gasteiger partial charge in [-0.05, 0) is 30.3 Å². The SMILES string of the molecule is N#Cc1ccccc1N1CCN(C(=O)Nc2cccc(C(F)(F)F)c2)CC1. The highest BCUT2D eigenvalue weighted by Gasteiger charge is 2.30. The van der Waals surface area contributed by atoms with Crippen LogP contribution in [0.25, 0.3) is 0 Å². The van der Waals surface area contributed by atoms with Gasteiger partial charge >= 0.3 is 12.2 Å². The second-order valence-corrected chi connectivity index (χ2v) is 6.11. The first-order chi connectivity index (χ1) is 12.9. The molecule has 2 aromatic carbocycles. The lowest BCUT2D eigenvalue weighted by molar-refractivity contribution is -0.137. The average molecular weight is 374 g/mol. The lowest BCUT2D eigenvalue weighted by Gasteiger charge is -2.36. The number of halogens is 3. The van der Waals surface area contributed by atoms with Gasteiger partial charge in [0.15, 0.2) is 0 Å². The highest BCUT2D eigenvalue weighted by atomic mass is 19.4. The minimum absolute atomic E-state index is 0.104. The summed E-state index contributed by atoms with van der Waals surface area (Å²) in [6.07, 6.45) is -4.46.